The fourth-order valence-electron chi connectivity index (χ4n) is 2.66. The Kier molecular flexibility index (Phi) is 13.1. The number of hydrogen-bond donors (Lipinski definition) is 3. The topological polar surface area (TPSA) is 68.8 Å². The first-order valence-electron chi connectivity index (χ1n) is 9.01. The summed E-state index contributed by atoms with van der Waals surface area (Å²) in [6.07, 6.45) is 0.832. The van der Waals surface area contributed by atoms with Crippen LogP contribution in [0.5, 0.6) is 0 Å². The Hall–Kier alpha value is -1.35. The van der Waals surface area contributed by atoms with E-state index in [2.05, 4.69) is 46.6 Å². The highest BCUT2D eigenvalue weighted by molar-refractivity contribution is 14.0. The van der Waals surface area contributed by atoms with E-state index in [9.17, 15) is 4.79 Å². The third-order valence-corrected chi connectivity index (χ3v) is 4.17. The minimum Gasteiger partial charge on any atom is -0.356 e. The molecule has 0 saturated heterocycles. The molecule has 0 aliphatic heterocycles. The summed E-state index contributed by atoms with van der Waals surface area (Å²) in [5.41, 5.74) is 1.82. The second-order valence-electron chi connectivity index (χ2n) is 6.18. The molecule has 26 heavy (non-hydrogen) atoms. The molecule has 1 aromatic rings. The third kappa shape index (κ3) is 8.84. The zero-order valence-electron chi connectivity index (χ0n) is 16.6. The van der Waals surface area contributed by atoms with E-state index in [1.807, 2.05) is 24.3 Å². The summed E-state index contributed by atoms with van der Waals surface area (Å²) in [6.45, 7) is 10.3. The summed E-state index contributed by atoms with van der Waals surface area (Å²) in [5, 5.41) is 9.32. The molecule has 0 atom stereocenters. The van der Waals surface area contributed by atoms with Gasteiger partial charge < -0.3 is 16.0 Å². The maximum Gasteiger partial charge on any atom is 0.251 e. The highest BCUT2D eigenvalue weighted by atomic mass is 127. The van der Waals surface area contributed by atoms with Gasteiger partial charge >= 0.3 is 0 Å². The van der Waals surface area contributed by atoms with Crippen molar-refractivity contribution < 1.29 is 4.79 Å². The largest absolute Gasteiger partial charge is 0.356 e. The van der Waals surface area contributed by atoms with Gasteiger partial charge in [0.15, 0.2) is 5.96 Å². The number of hydrogen-bond acceptors (Lipinski definition) is 3. The summed E-state index contributed by atoms with van der Waals surface area (Å²) in [4.78, 5) is 18.3. The fourth-order valence-corrected chi connectivity index (χ4v) is 2.66. The van der Waals surface area contributed by atoms with E-state index < -0.39 is 0 Å². The van der Waals surface area contributed by atoms with E-state index in [-0.39, 0.29) is 29.9 Å². The van der Waals surface area contributed by atoms with Crippen molar-refractivity contribution in [1.82, 2.24) is 20.9 Å². The molecule has 1 amide bonds. The fraction of sp³-hybridized carbons (Fsp3) is 0.579. The van der Waals surface area contributed by atoms with Gasteiger partial charge in [0.1, 0.15) is 0 Å². The van der Waals surface area contributed by atoms with Crippen LogP contribution in [0.4, 0.5) is 0 Å². The van der Waals surface area contributed by atoms with E-state index in [1.165, 1.54) is 0 Å². The van der Waals surface area contributed by atoms with Gasteiger partial charge in [0.05, 0.1) is 0 Å². The molecular weight excluding hydrogens is 441 g/mol. The highest BCUT2D eigenvalue weighted by Crippen LogP contribution is 2.05. The molecule has 0 fully saturated rings. The first-order chi connectivity index (χ1) is 12.0. The molecule has 0 aliphatic carbocycles. The van der Waals surface area contributed by atoms with Crippen molar-refractivity contribution in [1.29, 1.82) is 0 Å². The maximum absolute atomic E-state index is 11.7. The number of aliphatic imine (C=N–C) groups is 1. The van der Waals surface area contributed by atoms with Gasteiger partial charge in [0.25, 0.3) is 5.91 Å². The van der Waals surface area contributed by atoms with Crippen LogP contribution < -0.4 is 16.0 Å². The molecule has 1 rings (SSSR count). The molecule has 1 aromatic carbocycles. The lowest BCUT2D eigenvalue weighted by molar-refractivity contribution is 0.0963. The monoisotopic (exact) mass is 475 g/mol. The molecule has 0 bridgehead atoms. The van der Waals surface area contributed by atoms with Crippen LogP contribution in [0.1, 0.15) is 36.7 Å². The Morgan fingerprint density at radius 2 is 1.92 bits per heavy atom. The number of benzene rings is 1. The molecule has 0 radical (unpaired) electrons. The number of nitrogens with zero attached hydrogens (tertiary/aromatic N) is 2. The lowest BCUT2D eigenvalue weighted by Gasteiger charge is -2.25. The second-order valence-corrected chi connectivity index (χ2v) is 6.18. The lowest BCUT2D eigenvalue weighted by Crippen LogP contribution is -2.43. The van der Waals surface area contributed by atoms with E-state index in [1.54, 1.807) is 14.1 Å². The number of likely N-dealkylation sites (N-methyl/N-ethyl adjacent to an activating group) is 1. The first kappa shape index (κ1) is 24.7. The number of carbonyl (C=O) groups is 1. The molecule has 6 nitrogen and oxygen atoms in total. The molecule has 3 N–H and O–H groups in total. The molecule has 0 unspecified atom stereocenters. The van der Waals surface area contributed by atoms with Crippen LogP contribution in [0.25, 0.3) is 0 Å². The van der Waals surface area contributed by atoms with Crippen molar-refractivity contribution in [3.05, 3.63) is 35.4 Å². The Bertz CT molecular complexity index is 563. The number of nitrogens with one attached hydrogen (secondary N) is 3. The van der Waals surface area contributed by atoms with E-state index in [4.69, 9.17) is 0 Å². The maximum atomic E-state index is 11.7. The molecule has 0 spiro atoms. The smallest absolute Gasteiger partial charge is 0.251 e. The van der Waals surface area contributed by atoms with Gasteiger partial charge in [-0.15, -0.1) is 24.0 Å². The Morgan fingerprint density at radius 3 is 2.50 bits per heavy atom. The second kappa shape index (κ2) is 13.8. The first-order valence-corrected chi connectivity index (χ1v) is 9.01. The average Bonchev–Trinajstić information content (AvgIpc) is 2.62. The summed E-state index contributed by atoms with van der Waals surface area (Å²) in [5.74, 6) is 0.750. The number of carbonyl (C=O) groups excluding carboxylic acids is 1. The zero-order chi connectivity index (χ0) is 18.7. The van der Waals surface area contributed by atoms with Gasteiger partial charge in [-0.25, -0.2) is 0 Å². The van der Waals surface area contributed by atoms with Gasteiger partial charge in [0, 0.05) is 45.3 Å². The predicted molar refractivity (Wildman–Crippen MR) is 121 cm³/mol. The standard InChI is InChI=1S/C19H33N5O.HI/c1-6-24(15(2)3)13-12-23-19(21-5)22-11-10-16-8-7-9-17(14-16)18(25)20-4;/h7-9,14-15H,6,10-13H2,1-5H3,(H,20,25)(H2,21,22,23);1H. The van der Waals surface area contributed by atoms with E-state index in [0.29, 0.717) is 11.6 Å². The van der Waals surface area contributed by atoms with Crippen LogP contribution >= 0.6 is 24.0 Å². The molecule has 7 heteroatoms. The average molecular weight is 475 g/mol. The minimum absolute atomic E-state index is 0. The van der Waals surface area contributed by atoms with Crippen LogP contribution in [0.2, 0.25) is 0 Å². The van der Waals surface area contributed by atoms with Gasteiger partial charge in [-0.1, -0.05) is 19.1 Å². The van der Waals surface area contributed by atoms with Crippen molar-refractivity contribution in [2.45, 2.75) is 33.2 Å². The van der Waals surface area contributed by atoms with Crippen molar-refractivity contribution in [2.75, 3.05) is 40.3 Å². The molecule has 0 heterocycles. The zero-order valence-corrected chi connectivity index (χ0v) is 19.0. The number of rotatable bonds is 9. The van der Waals surface area contributed by atoms with Gasteiger partial charge in [-0.2, -0.15) is 0 Å². The Morgan fingerprint density at radius 1 is 1.23 bits per heavy atom. The molecule has 0 saturated carbocycles. The van der Waals surface area contributed by atoms with Gasteiger partial charge in [0.2, 0.25) is 0 Å². The lowest BCUT2D eigenvalue weighted by atomic mass is 10.1. The van der Waals surface area contributed by atoms with Crippen molar-refractivity contribution in [3.8, 4) is 0 Å². The Balaban J connectivity index is 0.00000625. The van der Waals surface area contributed by atoms with E-state index in [0.717, 1.165) is 44.1 Å². The SMILES string of the molecule is CCN(CCNC(=NC)NCCc1cccc(C(=O)NC)c1)C(C)C.I. The van der Waals surface area contributed by atoms with Crippen molar-refractivity contribution in [3.63, 3.8) is 0 Å². The molecule has 0 aromatic heterocycles. The van der Waals surface area contributed by atoms with Crippen LogP contribution in [0.15, 0.2) is 29.3 Å². The number of amides is 1. The van der Waals surface area contributed by atoms with Crippen molar-refractivity contribution in [2.24, 2.45) is 4.99 Å². The van der Waals surface area contributed by atoms with E-state index >= 15 is 0 Å². The van der Waals surface area contributed by atoms with Crippen LogP contribution in [-0.2, 0) is 6.42 Å². The molecular formula is C19H34IN5O. The minimum atomic E-state index is -0.0575. The predicted octanol–water partition coefficient (Wildman–Crippen LogP) is 2.10. The number of halogens is 1. The highest BCUT2D eigenvalue weighted by Gasteiger charge is 2.07. The quantitative estimate of drug-likeness (QED) is 0.291. The number of guanidine groups is 1. The van der Waals surface area contributed by atoms with Gasteiger partial charge in [-0.05, 0) is 44.5 Å². The van der Waals surface area contributed by atoms with Crippen LogP contribution in [-0.4, -0.2) is 63.1 Å². The summed E-state index contributed by atoms with van der Waals surface area (Å²) in [7, 11) is 3.42. The molecule has 148 valence electrons. The molecule has 0 aliphatic rings. The van der Waals surface area contributed by atoms with Crippen molar-refractivity contribution >= 4 is 35.8 Å². The summed E-state index contributed by atoms with van der Waals surface area (Å²) in [6, 6.07) is 8.25. The Labute approximate surface area is 175 Å². The summed E-state index contributed by atoms with van der Waals surface area (Å²) >= 11 is 0. The normalized spacial score (nSPS) is 11.3. The van der Waals surface area contributed by atoms with Gasteiger partial charge in [-0.3, -0.25) is 14.7 Å². The summed E-state index contributed by atoms with van der Waals surface area (Å²) < 4.78 is 0. The van der Waals surface area contributed by atoms with Crippen LogP contribution in [0, 0.1) is 0 Å². The van der Waals surface area contributed by atoms with Crippen LogP contribution in [0.3, 0.4) is 0 Å². The third-order valence-electron chi connectivity index (χ3n) is 4.17.